The number of nitrogens with one attached hydrogen (secondary N) is 2. The average molecular weight is 511 g/mol. The van der Waals surface area contributed by atoms with Gasteiger partial charge in [0.25, 0.3) is 11.8 Å². The van der Waals surface area contributed by atoms with E-state index in [1.807, 2.05) is 6.20 Å². The third kappa shape index (κ3) is 5.68. The molecule has 1 unspecified atom stereocenters. The Balaban J connectivity index is 1.26. The van der Waals surface area contributed by atoms with Crippen LogP contribution in [0.15, 0.2) is 24.4 Å². The number of carbonyl (C=O) groups is 5. The summed E-state index contributed by atoms with van der Waals surface area (Å²) in [6.07, 6.45) is 2.87. The van der Waals surface area contributed by atoms with E-state index in [0.717, 1.165) is 17.0 Å². The number of alkyl carbamates (subject to hydrolysis) is 1. The van der Waals surface area contributed by atoms with Crippen molar-refractivity contribution in [1.82, 2.24) is 30.5 Å². The van der Waals surface area contributed by atoms with E-state index < -0.39 is 35.8 Å². The number of nitrogens with zero attached hydrogens (tertiary/aromatic N) is 4. The number of fused-ring (bicyclic) bond motifs is 1. The highest BCUT2D eigenvalue weighted by Crippen LogP contribution is 2.30. The largest absolute Gasteiger partial charge is 0.445 e. The van der Waals surface area contributed by atoms with Gasteiger partial charge in [-0.3, -0.25) is 34.1 Å². The number of benzene rings is 1. The summed E-state index contributed by atoms with van der Waals surface area (Å²) >= 11 is 0. The first-order valence-corrected chi connectivity index (χ1v) is 12.2. The second-order valence-electron chi connectivity index (χ2n) is 10.1. The number of piperidine rings is 1. The number of carbonyl (C=O) groups excluding carboxylic acids is 5. The summed E-state index contributed by atoms with van der Waals surface area (Å²) in [7, 11) is 0. The van der Waals surface area contributed by atoms with Crippen molar-refractivity contribution in [2.24, 2.45) is 0 Å². The molecule has 2 aliphatic heterocycles. The molecule has 0 spiro atoms. The van der Waals surface area contributed by atoms with Crippen LogP contribution in [0.2, 0.25) is 0 Å². The Morgan fingerprint density at radius 3 is 2.65 bits per heavy atom. The van der Waals surface area contributed by atoms with Crippen LogP contribution in [0, 0.1) is 0 Å². The van der Waals surface area contributed by atoms with Crippen molar-refractivity contribution in [2.45, 2.75) is 71.1 Å². The summed E-state index contributed by atoms with van der Waals surface area (Å²) in [4.78, 5) is 62.7. The summed E-state index contributed by atoms with van der Waals surface area (Å²) in [5.74, 6) is -2.37. The van der Waals surface area contributed by atoms with Crippen LogP contribution in [-0.4, -0.2) is 62.2 Å². The molecule has 196 valence electrons. The van der Waals surface area contributed by atoms with Crippen molar-refractivity contribution < 1.29 is 28.7 Å². The second kappa shape index (κ2) is 10.5. The molecule has 2 N–H and O–H groups in total. The molecular formula is C25H30N6O6. The number of hydrogen-bond acceptors (Lipinski definition) is 8. The van der Waals surface area contributed by atoms with Crippen LogP contribution in [0.25, 0.3) is 0 Å². The number of imide groups is 2. The lowest BCUT2D eigenvalue weighted by molar-refractivity contribution is -0.136. The summed E-state index contributed by atoms with van der Waals surface area (Å²) in [6.45, 7) is 7.07. The number of aromatic nitrogens is 3. The summed E-state index contributed by atoms with van der Waals surface area (Å²) in [5.41, 5.74) is 1.46. The standard InChI is InChI=1S/C25H30N6O6/c1-25(2,3)18-13-30(29-28-18)12-5-4-11-26-24(36)37-14-15-7-6-8-16-20(15)23(35)31(22(16)34)17-9-10-19(32)27-21(17)33/h6-8,13,17H,4-5,9-12,14H2,1-3H3,(H,26,36)(H,27,32,33). The van der Waals surface area contributed by atoms with E-state index in [0.29, 0.717) is 25.1 Å². The van der Waals surface area contributed by atoms with Gasteiger partial charge in [0.15, 0.2) is 0 Å². The maximum atomic E-state index is 13.1. The molecule has 1 saturated heterocycles. The summed E-state index contributed by atoms with van der Waals surface area (Å²) in [6, 6.07) is 3.61. The van der Waals surface area contributed by atoms with Crippen LogP contribution in [0.3, 0.4) is 0 Å². The normalized spacial score (nSPS) is 17.6. The smallest absolute Gasteiger partial charge is 0.407 e. The Hall–Kier alpha value is -4.09. The topological polar surface area (TPSA) is 153 Å². The minimum absolute atomic E-state index is 0.0384. The quantitative estimate of drug-likeness (QED) is 0.402. The molecule has 1 atom stereocenters. The van der Waals surface area contributed by atoms with Crippen LogP contribution >= 0.6 is 0 Å². The van der Waals surface area contributed by atoms with Gasteiger partial charge in [-0.2, -0.15) is 0 Å². The molecule has 0 saturated carbocycles. The fourth-order valence-corrected chi connectivity index (χ4v) is 4.24. The highest BCUT2D eigenvalue weighted by molar-refractivity contribution is 6.24. The minimum atomic E-state index is -1.06. The Morgan fingerprint density at radius 2 is 1.95 bits per heavy atom. The molecule has 0 aliphatic carbocycles. The van der Waals surface area contributed by atoms with Gasteiger partial charge < -0.3 is 10.1 Å². The van der Waals surface area contributed by atoms with E-state index in [-0.39, 0.29) is 36.0 Å². The maximum Gasteiger partial charge on any atom is 0.407 e. The molecule has 1 aromatic heterocycles. The second-order valence-corrected chi connectivity index (χ2v) is 10.1. The molecule has 4 rings (SSSR count). The molecule has 0 bridgehead atoms. The van der Waals surface area contributed by atoms with Crippen molar-refractivity contribution in [3.63, 3.8) is 0 Å². The third-order valence-corrected chi connectivity index (χ3v) is 6.30. The van der Waals surface area contributed by atoms with Crippen LogP contribution in [0.1, 0.15) is 78.4 Å². The third-order valence-electron chi connectivity index (χ3n) is 6.30. The molecule has 5 amide bonds. The predicted octanol–water partition coefficient (Wildman–Crippen LogP) is 1.68. The maximum absolute atomic E-state index is 13.1. The van der Waals surface area contributed by atoms with E-state index >= 15 is 0 Å². The molecule has 12 nitrogen and oxygen atoms in total. The SMILES string of the molecule is CC(C)(C)c1cn(CCCCNC(=O)OCc2cccc3c2C(=O)N(C2CCC(=O)NC2=O)C3=O)nn1. The van der Waals surface area contributed by atoms with Gasteiger partial charge in [-0.15, -0.1) is 5.10 Å². The van der Waals surface area contributed by atoms with Crippen molar-refractivity contribution in [1.29, 1.82) is 0 Å². The fraction of sp³-hybridized carbons (Fsp3) is 0.480. The van der Waals surface area contributed by atoms with Gasteiger partial charge in [0, 0.05) is 36.7 Å². The average Bonchev–Trinajstić information content (AvgIpc) is 3.42. The first-order valence-electron chi connectivity index (χ1n) is 12.2. The first-order chi connectivity index (χ1) is 17.6. The van der Waals surface area contributed by atoms with Gasteiger partial charge >= 0.3 is 6.09 Å². The van der Waals surface area contributed by atoms with E-state index in [2.05, 4.69) is 41.7 Å². The molecule has 0 radical (unpaired) electrons. The molecule has 12 heteroatoms. The van der Waals surface area contributed by atoms with E-state index in [9.17, 15) is 24.0 Å². The zero-order valence-electron chi connectivity index (χ0n) is 21.1. The van der Waals surface area contributed by atoms with Gasteiger partial charge in [0.05, 0.1) is 16.8 Å². The fourth-order valence-electron chi connectivity index (χ4n) is 4.24. The number of ether oxygens (including phenoxy) is 1. The van der Waals surface area contributed by atoms with Crippen molar-refractivity contribution >= 4 is 29.7 Å². The van der Waals surface area contributed by atoms with Crippen LogP contribution in [0.4, 0.5) is 4.79 Å². The van der Waals surface area contributed by atoms with E-state index in [4.69, 9.17) is 4.74 Å². The van der Waals surface area contributed by atoms with E-state index in [1.54, 1.807) is 16.8 Å². The molecule has 37 heavy (non-hydrogen) atoms. The Labute approximate surface area is 213 Å². The van der Waals surface area contributed by atoms with Gasteiger partial charge in [-0.05, 0) is 25.3 Å². The zero-order chi connectivity index (χ0) is 26.7. The highest BCUT2D eigenvalue weighted by Gasteiger charge is 2.45. The Morgan fingerprint density at radius 1 is 1.16 bits per heavy atom. The van der Waals surface area contributed by atoms with E-state index in [1.165, 1.54) is 6.07 Å². The van der Waals surface area contributed by atoms with Gasteiger partial charge in [0.2, 0.25) is 11.8 Å². The van der Waals surface area contributed by atoms with Gasteiger partial charge in [0.1, 0.15) is 12.6 Å². The van der Waals surface area contributed by atoms with Crippen LogP contribution in [0.5, 0.6) is 0 Å². The van der Waals surface area contributed by atoms with Gasteiger partial charge in [-0.1, -0.05) is 38.1 Å². The van der Waals surface area contributed by atoms with Gasteiger partial charge in [-0.25, -0.2) is 4.79 Å². The zero-order valence-corrected chi connectivity index (χ0v) is 21.1. The molecule has 1 aromatic carbocycles. The predicted molar refractivity (Wildman–Crippen MR) is 129 cm³/mol. The summed E-state index contributed by atoms with van der Waals surface area (Å²) < 4.78 is 7.06. The van der Waals surface area contributed by atoms with Crippen molar-refractivity contribution in [2.75, 3.05) is 6.54 Å². The van der Waals surface area contributed by atoms with Crippen LogP contribution < -0.4 is 10.6 Å². The minimum Gasteiger partial charge on any atom is -0.445 e. The number of rotatable bonds is 8. The monoisotopic (exact) mass is 510 g/mol. The Kier molecular flexibility index (Phi) is 7.37. The molecule has 2 aromatic rings. The highest BCUT2D eigenvalue weighted by atomic mass is 16.5. The molecule has 1 fully saturated rings. The number of unbranched alkanes of at least 4 members (excludes halogenated alkanes) is 1. The molecule has 3 heterocycles. The number of aryl methyl sites for hydroxylation is 1. The molecular weight excluding hydrogens is 480 g/mol. The van der Waals surface area contributed by atoms with Crippen LogP contribution in [-0.2, 0) is 32.9 Å². The lowest BCUT2D eigenvalue weighted by Gasteiger charge is -2.27. The lowest BCUT2D eigenvalue weighted by atomic mass is 9.93. The number of hydrogen-bond donors (Lipinski definition) is 2. The molecule has 2 aliphatic rings. The summed E-state index contributed by atoms with van der Waals surface area (Å²) in [5, 5.41) is 13.1. The first kappa shape index (κ1) is 26.0. The van der Waals surface area contributed by atoms with Crippen molar-refractivity contribution in [3.05, 3.63) is 46.8 Å². The Bertz CT molecular complexity index is 1250. The van der Waals surface area contributed by atoms with Crippen molar-refractivity contribution in [3.8, 4) is 0 Å². The lowest BCUT2D eigenvalue weighted by Crippen LogP contribution is -2.54. The number of amides is 5.